The van der Waals surface area contributed by atoms with E-state index in [1.165, 1.54) is 28.8 Å². The number of ether oxygens (including phenoxy) is 2. The molecule has 0 bridgehead atoms. The third-order valence-corrected chi connectivity index (χ3v) is 9.03. The van der Waals surface area contributed by atoms with Crippen molar-refractivity contribution in [1.29, 1.82) is 0 Å². The van der Waals surface area contributed by atoms with Gasteiger partial charge >= 0.3 is 0 Å². The molecule has 0 radical (unpaired) electrons. The number of para-hydroxylation sites is 2. The molecule has 43 heavy (non-hydrogen) atoms. The molecule has 11 heteroatoms. The normalized spacial score (nSPS) is 12.3. The number of carbonyl (C=O) groups is 2. The fraction of sp³-hybridized carbons (Fsp3) is 0.375. The molecule has 0 spiro atoms. The SMILES string of the molecule is CCOc1ccccc1N(CC(=O)N(Cc1cccc(OC)c1)[C@@H](C)C(=O)NC(C)(C)C)S(=O)(=O)c1ccc(SC)cc1. The molecule has 0 fully saturated rings. The minimum absolute atomic E-state index is 0.0299. The van der Waals surface area contributed by atoms with Gasteiger partial charge in [0.25, 0.3) is 10.0 Å². The van der Waals surface area contributed by atoms with Gasteiger partial charge in [-0.3, -0.25) is 13.9 Å². The van der Waals surface area contributed by atoms with Crippen LogP contribution >= 0.6 is 11.8 Å². The summed E-state index contributed by atoms with van der Waals surface area (Å²) >= 11 is 1.49. The summed E-state index contributed by atoms with van der Waals surface area (Å²) in [7, 11) is -2.68. The van der Waals surface area contributed by atoms with Crippen LogP contribution in [0.15, 0.2) is 82.6 Å². The zero-order valence-electron chi connectivity index (χ0n) is 25.8. The molecule has 0 aliphatic carbocycles. The Morgan fingerprint density at radius 2 is 1.67 bits per heavy atom. The number of carbonyl (C=O) groups excluding carboxylic acids is 2. The van der Waals surface area contributed by atoms with E-state index in [4.69, 9.17) is 9.47 Å². The molecule has 0 aromatic heterocycles. The van der Waals surface area contributed by atoms with Crippen LogP contribution < -0.4 is 19.1 Å². The predicted octanol–water partition coefficient (Wildman–Crippen LogP) is 5.34. The van der Waals surface area contributed by atoms with Crippen molar-refractivity contribution >= 4 is 39.3 Å². The number of hydrogen-bond donors (Lipinski definition) is 1. The second kappa shape index (κ2) is 14.7. The van der Waals surface area contributed by atoms with Crippen LogP contribution in [-0.2, 0) is 26.2 Å². The Morgan fingerprint density at radius 1 is 1.00 bits per heavy atom. The molecule has 0 saturated carbocycles. The number of hydrogen-bond acceptors (Lipinski definition) is 7. The highest BCUT2D eigenvalue weighted by Gasteiger charge is 2.34. The lowest BCUT2D eigenvalue weighted by atomic mass is 10.1. The minimum Gasteiger partial charge on any atom is -0.497 e. The van der Waals surface area contributed by atoms with Crippen LogP contribution in [0.4, 0.5) is 5.69 Å². The Kier molecular flexibility index (Phi) is 11.5. The number of benzene rings is 3. The number of methoxy groups -OCH3 is 1. The number of anilines is 1. The fourth-order valence-corrected chi connectivity index (χ4v) is 6.19. The first-order valence-corrected chi connectivity index (χ1v) is 16.6. The molecule has 2 amide bonds. The molecule has 232 valence electrons. The van der Waals surface area contributed by atoms with Crippen LogP contribution in [0.5, 0.6) is 11.5 Å². The van der Waals surface area contributed by atoms with Crippen molar-refractivity contribution in [1.82, 2.24) is 10.2 Å². The van der Waals surface area contributed by atoms with E-state index >= 15 is 0 Å². The largest absolute Gasteiger partial charge is 0.497 e. The monoisotopic (exact) mass is 627 g/mol. The van der Waals surface area contributed by atoms with E-state index in [0.717, 1.165) is 14.8 Å². The molecule has 0 saturated heterocycles. The highest BCUT2D eigenvalue weighted by Crippen LogP contribution is 2.33. The number of sulfonamides is 1. The molecular formula is C32H41N3O6S2. The van der Waals surface area contributed by atoms with Crippen molar-refractivity contribution in [3.63, 3.8) is 0 Å². The van der Waals surface area contributed by atoms with E-state index in [-0.39, 0.29) is 23.0 Å². The van der Waals surface area contributed by atoms with Crippen LogP contribution in [0.25, 0.3) is 0 Å². The quantitative estimate of drug-likeness (QED) is 0.255. The summed E-state index contributed by atoms with van der Waals surface area (Å²) in [5.41, 5.74) is 0.407. The molecule has 0 aliphatic rings. The molecule has 3 aromatic rings. The van der Waals surface area contributed by atoms with Crippen molar-refractivity contribution in [2.45, 2.75) is 62.5 Å². The molecule has 1 N–H and O–H groups in total. The van der Waals surface area contributed by atoms with Crippen molar-refractivity contribution in [3.05, 3.63) is 78.4 Å². The third kappa shape index (κ3) is 8.90. The number of nitrogens with one attached hydrogen (secondary N) is 1. The first-order chi connectivity index (χ1) is 20.3. The summed E-state index contributed by atoms with van der Waals surface area (Å²) in [6.45, 7) is 8.78. The minimum atomic E-state index is -4.23. The molecular weight excluding hydrogens is 587 g/mol. The average molecular weight is 628 g/mol. The zero-order valence-corrected chi connectivity index (χ0v) is 27.4. The lowest BCUT2D eigenvalue weighted by molar-refractivity contribution is -0.140. The molecule has 3 aromatic carbocycles. The zero-order chi connectivity index (χ0) is 31.8. The van der Waals surface area contributed by atoms with Gasteiger partial charge in [-0.15, -0.1) is 11.8 Å². The lowest BCUT2D eigenvalue weighted by Gasteiger charge is -2.33. The summed E-state index contributed by atoms with van der Waals surface area (Å²) < 4.78 is 40.5. The average Bonchev–Trinajstić information content (AvgIpc) is 2.98. The van der Waals surface area contributed by atoms with Gasteiger partial charge in [0.05, 0.1) is 24.3 Å². The number of thioether (sulfide) groups is 1. The van der Waals surface area contributed by atoms with Crippen LogP contribution in [0, 0.1) is 0 Å². The van der Waals surface area contributed by atoms with Crippen molar-refractivity contribution < 1.29 is 27.5 Å². The van der Waals surface area contributed by atoms with E-state index in [1.807, 2.05) is 33.1 Å². The molecule has 0 unspecified atom stereocenters. The number of rotatable bonds is 13. The van der Waals surface area contributed by atoms with Crippen LogP contribution in [0.1, 0.15) is 40.2 Å². The van der Waals surface area contributed by atoms with E-state index in [0.29, 0.717) is 18.1 Å². The van der Waals surface area contributed by atoms with E-state index in [2.05, 4.69) is 5.32 Å². The van der Waals surface area contributed by atoms with Gasteiger partial charge in [-0.05, 0) is 95.0 Å². The summed E-state index contributed by atoms with van der Waals surface area (Å²) in [6.07, 6.45) is 1.90. The Labute approximate surface area is 259 Å². The topological polar surface area (TPSA) is 105 Å². The van der Waals surface area contributed by atoms with Gasteiger partial charge in [0.1, 0.15) is 24.1 Å². The summed E-state index contributed by atoms with van der Waals surface area (Å²) in [6, 6.07) is 19.5. The van der Waals surface area contributed by atoms with Crippen LogP contribution in [-0.4, -0.2) is 63.2 Å². The fourth-order valence-electron chi connectivity index (χ4n) is 4.35. The van der Waals surface area contributed by atoms with Gasteiger partial charge in [-0.25, -0.2) is 8.42 Å². The Balaban J connectivity index is 2.10. The molecule has 0 heterocycles. The highest BCUT2D eigenvalue weighted by molar-refractivity contribution is 7.98. The Morgan fingerprint density at radius 3 is 2.28 bits per heavy atom. The van der Waals surface area contributed by atoms with Gasteiger partial charge in [0, 0.05) is 17.0 Å². The van der Waals surface area contributed by atoms with E-state index in [1.54, 1.807) is 75.6 Å². The second-order valence-electron chi connectivity index (χ2n) is 10.9. The number of amides is 2. The lowest BCUT2D eigenvalue weighted by Crippen LogP contribution is -2.54. The van der Waals surface area contributed by atoms with Gasteiger partial charge in [-0.2, -0.15) is 0 Å². The maximum absolute atomic E-state index is 14.2. The van der Waals surface area contributed by atoms with Crippen molar-refractivity contribution in [2.24, 2.45) is 0 Å². The molecule has 1 atom stereocenters. The summed E-state index contributed by atoms with van der Waals surface area (Å²) in [5.74, 6) is -0.00396. The molecule has 3 rings (SSSR count). The molecule has 9 nitrogen and oxygen atoms in total. The van der Waals surface area contributed by atoms with Crippen molar-refractivity contribution in [3.8, 4) is 11.5 Å². The smallest absolute Gasteiger partial charge is 0.264 e. The van der Waals surface area contributed by atoms with Crippen LogP contribution in [0.3, 0.4) is 0 Å². The van der Waals surface area contributed by atoms with Crippen LogP contribution in [0.2, 0.25) is 0 Å². The second-order valence-corrected chi connectivity index (χ2v) is 13.6. The van der Waals surface area contributed by atoms with Gasteiger partial charge < -0.3 is 19.7 Å². The van der Waals surface area contributed by atoms with Crippen molar-refractivity contribution in [2.75, 3.05) is 30.8 Å². The van der Waals surface area contributed by atoms with Gasteiger partial charge in [0.2, 0.25) is 11.8 Å². The van der Waals surface area contributed by atoms with E-state index in [9.17, 15) is 18.0 Å². The number of nitrogens with zero attached hydrogens (tertiary/aromatic N) is 2. The maximum atomic E-state index is 14.2. The Hall–Kier alpha value is -3.70. The first-order valence-electron chi connectivity index (χ1n) is 13.9. The Bertz CT molecular complexity index is 1500. The summed E-state index contributed by atoms with van der Waals surface area (Å²) in [5, 5.41) is 2.93. The molecule has 0 aliphatic heterocycles. The predicted molar refractivity (Wildman–Crippen MR) is 171 cm³/mol. The van der Waals surface area contributed by atoms with Gasteiger partial charge in [-0.1, -0.05) is 24.3 Å². The van der Waals surface area contributed by atoms with Gasteiger partial charge in [0.15, 0.2) is 0 Å². The third-order valence-electron chi connectivity index (χ3n) is 6.51. The maximum Gasteiger partial charge on any atom is 0.264 e. The first kappa shape index (κ1) is 33.8. The van der Waals surface area contributed by atoms with E-state index < -0.39 is 34.1 Å². The summed E-state index contributed by atoms with van der Waals surface area (Å²) in [4.78, 5) is 29.8. The highest BCUT2D eigenvalue weighted by atomic mass is 32.2. The standard InChI is InChI=1S/C32H41N3O6S2/c1-8-41-29-15-10-9-14-28(29)35(43(38,39)27-18-16-26(42-7)17-19-27)22-30(36)34(23(2)31(37)33-32(3,4)5)21-24-12-11-13-25(20-24)40-6/h9-20,23H,8,21-22H2,1-7H3,(H,33,37)/t23-/m0/s1.